The van der Waals surface area contributed by atoms with Crippen molar-refractivity contribution < 1.29 is 0 Å². The Balaban J connectivity index is 1.16. The lowest BCUT2D eigenvalue weighted by molar-refractivity contribution is 0.661. The van der Waals surface area contributed by atoms with Crippen LogP contribution in [0, 0.1) is 0 Å². The van der Waals surface area contributed by atoms with Gasteiger partial charge in [0.15, 0.2) is 5.82 Å². The Labute approximate surface area is 307 Å². The monoisotopic (exact) mass is 699 g/mol. The fraction of sp³-hybridized carbons (Fsp3) is 0.0638. The molecule has 11 aromatic rings. The highest BCUT2D eigenvalue weighted by Crippen LogP contribution is 2.55. The Morgan fingerprint density at radius 2 is 1.13 bits per heavy atom. The minimum Gasteiger partial charge on any atom is -0.292 e. The molecule has 1 aliphatic carbocycles. The Kier molecular flexibility index (Phi) is 5.61. The SMILES string of the molecule is CC1(C)c2cc(-c3nc4ccccc4nc3-n3c4ccccc4c4c5c(ccc43)sc3ccccc35)ccc2-c2c1ccc1sc3ccccc3c21. The van der Waals surface area contributed by atoms with Crippen molar-refractivity contribution >= 4 is 95.9 Å². The topological polar surface area (TPSA) is 30.7 Å². The second kappa shape index (κ2) is 10.1. The summed E-state index contributed by atoms with van der Waals surface area (Å²) in [5, 5.41) is 7.82. The number of rotatable bonds is 2. The number of aromatic nitrogens is 3. The first-order valence-electron chi connectivity index (χ1n) is 17.8. The van der Waals surface area contributed by atoms with Crippen molar-refractivity contribution in [2.75, 3.05) is 0 Å². The van der Waals surface area contributed by atoms with E-state index in [1.54, 1.807) is 0 Å². The van der Waals surface area contributed by atoms with E-state index in [4.69, 9.17) is 9.97 Å². The lowest BCUT2D eigenvalue weighted by atomic mass is 9.81. The van der Waals surface area contributed by atoms with Crippen LogP contribution in [0.15, 0.2) is 140 Å². The van der Waals surface area contributed by atoms with E-state index in [9.17, 15) is 0 Å². The molecule has 7 aromatic carbocycles. The number of fused-ring (bicyclic) bond motifs is 15. The van der Waals surface area contributed by atoms with E-state index in [-0.39, 0.29) is 5.41 Å². The van der Waals surface area contributed by atoms with Gasteiger partial charge < -0.3 is 0 Å². The van der Waals surface area contributed by atoms with Crippen LogP contribution in [0.5, 0.6) is 0 Å². The molecule has 4 aromatic heterocycles. The maximum absolute atomic E-state index is 5.47. The molecule has 12 rings (SSSR count). The van der Waals surface area contributed by atoms with Crippen molar-refractivity contribution in [2.45, 2.75) is 19.3 Å². The first-order valence-corrected chi connectivity index (χ1v) is 19.4. The van der Waals surface area contributed by atoms with Gasteiger partial charge >= 0.3 is 0 Å². The van der Waals surface area contributed by atoms with E-state index in [1.165, 1.54) is 73.4 Å². The lowest BCUT2D eigenvalue weighted by Gasteiger charge is -2.22. The smallest absolute Gasteiger partial charge is 0.165 e. The number of benzene rings is 7. The zero-order valence-corrected chi connectivity index (χ0v) is 30.1. The molecule has 4 heterocycles. The fourth-order valence-corrected chi connectivity index (χ4v) is 11.3. The van der Waals surface area contributed by atoms with Crippen LogP contribution in [0.2, 0.25) is 0 Å². The standard InChI is InChI=1S/C47H29N3S2/c1-47(2)31-21-23-39-43(29-12-4-9-17-37(29)51-39)41(31)27-20-19-26(25-32(27)47)45-46(49-34-15-7-6-14-33(34)48-45)50-35-16-8-3-11-28(35)42-36(50)22-24-40-44(42)30-13-5-10-18-38(30)52-40/h3-25H,1-2H3. The Morgan fingerprint density at radius 1 is 0.500 bits per heavy atom. The Bertz CT molecular complexity index is 3340. The molecule has 5 heteroatoms. The lowest BCUT2D eigenvalue weighted by Crippen LogP contribution is -2.15. The van der Waals surface area contributed by atoms with E-state index in [1.807, 2.05) is 22.7 Å². The van der Waals surface area contributed by atoms with Crippen molar-refractivity contribution in [3.63, 3.8) is 0 Å². The van der Waals surface area contributed by atoms with E-state index < -0.39 is 0 Å². The average molecular weight is 700 g/mol. The molecule has 0 fully saturated rings. The summed E-state index contributed by atoms with van der Waals surface area (Å²) < 4.78 is 7.65. The van der Waals surface area contributed by atoms with Crippen LogP contribution in [0.4, 0.5) is 0 Å². The van der Waals surface area contributed by atoms with Crippen LogP contribution >= 0.6 is 22.7 Å². The van der Waals surface area contributed by atoms with Gasteiger partial charge in [-0.25, -0.2) is 9.97 Å². The van der Waals surface area contributed by atoms with E-state index >= 15 is 0 Å². The number of hydrogen-bond acceptors (Lipinski definition) is 4. The molecule has 0 N–H and O–H groups in total. The molecule has 0 saturated carbocycles. The molecule has 0 spiro atoms. The third-order valence-corrected chi connectivity index (χ3v) is 13.7. The molecule has 0 atom stereocenters. The summed E-state index contributed by atoms with van der Waals surface area (Å²) in [6.45, 7) is 4.75. The summed E-state index contributed by atoms with van der Waals surface area (Å²) in [4.78, 5) is 10.9. The Hall–Kier alpha value is -5.88. The molecule has 0 radical (unpaired) electrons. The molecule has 0 unspecified atom stereocenters. The summed E-state index contributed by atoms with van der Waals surface area (Å²) in [7, 11) is 0. The quantitative estimate of drug-likeness (QED) is 0.180. The highest BCUT2D eigenvalue weighted by atomic mass is 32.1. The van der Waals surface area contributed by atoms with Crippen molar-refractivity contribution in [1.82, 2.24) is 14.5 Å². The molecule has 0 bridgehead atoms. The van der Waals surface area contributed by atoms with Crippen LogP contribution in [0.3, 0.4) is 0 Å². The molecule has 0 aliphatic heterocycles. The summed E-state index contributed by atoms with van der Waals surface area (Å²) in [6.07, 6.45) is 0. The van der Waals surface area contributed by atoms with Gasteiger partial charge in [0.2, 0.25) is 0 Å². The maximum Gasteiger partial charge on any atom is 0.165 e. The molecular weight excluding hydrogens is 671 g/mol. The van der Waals surface area contributed by atoms with Crippen LogP contribution < -0.4 is 0 Å². The average Bonchev–Trinajstić information content (AvgIpc) is 3.90. The molecule has 0 saturated heterocycles. The summed E-state index contributed by atoms with van der Waals surface area (Å²) in [5.41, 5.74) is 11.2. The largest absolute Gasteiger partial charge is 0.292 e. The van der Waals surface area contributed by atoms with Gasteiger partial charge in [0.1, 0.15) is 5.69 Å². The highest BCUT2D eigenvalue weighted by Gasteiger charge is 2.37. The van der Waals surface area contributed by atoms with Crippen molar-refractivity contribution in [1.29, 1.82) is 0 Å². The van der Waals surface area contributed by atoms with Crippen LogP contribution in [-0.2, 0) is 5.41 Å². The molecule has 1 aliphatic rings. The molecule has 0 amide bonds. The van der Waals surface area contributed by atoms with Crippen LogP contribution in [0.1, 0.15) is 25.0 Å². The highest BCUT2D eigenvalue weighted by molar-refractivity contribution is 7.26. The molecular formula is C47H29N3S2. The minimum atomic E-state index is -0.180. The number of para-hydroxylation sites is 3. The number of nitrogens with zero attached hydrogens (tertiary/aromatic N) is 3. The molecule has 3 nitrogen and oxygen atoms in total. The van der Waals surface area contributed by atoms with Gasteiger partial charge in [-0.2, -0.15) is 0 Å². The van der Waals surface area contributed by atoms with Gasteiger partial charge in [-0.15, -0.1) is 22.7 Å². The van der Waals surface area contributed by atoms with Crippen molar-refractivity contribution in [3.05, 3.63) is 151 Å². The summed E-state index contributed by atoms with van der Waals surface area (Å²) >= 11 is 3.75. The Morgan fingerprint density at radius 3 is 1.92 bits per heavy atom. The van der Waals surface area contributed by atoms with E-state index in [0.717, 1.165) is 39.1 Å². The summed E-state index contributed by atoms with van der Waals surface area (Å²) in [6, 6.07) is 50.9. The second-order valence-electron chi connectivity index (χ2n) is 14.5. The van der Waals surface area contributed by atoms with Gasteiger partial charge in [0.05, 0.1) is 22.1 Å². The minimum absolute atomic E-state index is 0.180. The van der Waals surface area contributed by atoms with Gasteiger partial charge in [-0.3, -0.25) is 4.57 Å². The predicted molar refractivity (Wildman–Crippen MR) is 223 cm³/mol. The molecule has 52 heavy (non-hydrogen) atoms. The molecule has 244 valence electrons. The normalized spacial score (nSPS) is 13.7. The van der Waals surface area contributed by atoms with Gasteiger partial charge in [-0.1, -0.05) is 98.8 Å². The fourth-order valence-electron chi connectivity index (χ4n) is 9.03. The third-order valence-electron chi connectivity index (χ3n) is 11.4. The van der Waals surface area contributed by atoms with Gasteiger partial charge in [0, 0.05) is 62.1 Å². The first-order chi connectivity index (χ1) is 25.5. The van der Waals surface area contributed by atoms with Crippen molar-refractivity contribution in [2.24, 2.45) is 0 Å². The van der Waals surface area contributed by atoms with Gasteiger partial charge in [0.25, 0.3) is 0 Å². The second-order valence-corrected chi connectivity index (χ2v) is 16.7. The number of thiophene rings is 2. The zero-order valence-electron chi connectivity index (χ0n) is 28.4. The van der Waals surface area contributed by atoms with E-state index in [0.29, 0.717) is 0 Å². The van der Waals surface area contributed by atoms with Crippen LogP contribution in [0.25, 0.3) is 101 Å². The van der Waals surface area contributed by atoms with E-state index in [2.05, 4.69) is 158 Å². The van der Waals surface area contributed by atoms with Gasteiger partial charge in [-0.05, 0) is 76.9 Å². The van der Waals surface area contributed by atoms with Crippen LogP contribution in [-0.4, -0.2) is 14.5 Å². The summed E-state index contributed by atoms with van der Waals surface area (Å²) in [5.74, 6) is 0.850. The maximum atomic E-state index is 5.47. The van der Waals surface area contributed by atoms with Crippen molar-refractivity contribution in [3.8, 4) is 28.2 Å². The zero-order chi connectivity index (χ0) is 34.3. The predicted octanol–water partition coefficient (Wildman–Crippen LogP) is 13.4. The first kappa shape index (κ1) is 28.8. The number of hydrogen-bond donors (Lipinski definition) is 0. The third kappa shape index (κ3) is 3.69.